The Labute approximate surface area is 125 Å². The molecule has 2 heterocycles. The van der Waals surface area contributed by atoms with Crippen molar-refractivity contribution in [1.82, 2.24) is 25.3 Å². The largest absolute Gasteiger partial charge is 0.493 e. The van der Waals surface area contributed by atoms with E-state index in [0.29, 0.717) is 0 Å². The van der Waals surface area contributed by atoms with Gasteiger partial charge in [0, 0.05) is 12.6 Å². The van der Waals surface area contributed by atoms with E-state index in [1.807, 2.05) is 25.6 Å². The van der Waals surface area contributed by atoms with Gasteiger partial charge in [0.25, 0.3) is 0 Å². The summed E-state index contributed by atoms with van der Waals surface area (Å²) in [6.45, 7) is 6.98. The van der Waals surface area contributed by atoms with Crippen molar-refractivity contribution < 1.29 is 4.74 Å². The molecule has 2 rings (SSSR count). The van der Waals surface area contributed by atoms with Crippen LogP contribution < -0.4 is 10.1 Å². The van der Waals surface area contributed by atoms with E-state index in [0.717, 1.165) is 41.4 Å². The van der Waals surface area contributed by atoms with Gasteiger partial charge in [-0.05, 0) is 32.9 Å². The maximum Gasteiger partial charge on any atom is 0.161 e. The molecule has 2 aromatic heterocycles. The molecule has 0 fully saturated rings. The second kappa shape index (κ2) is 6.67. The number of hydrogen-bond acceptors (Lipinski definition) is 5. The van der Waals surface area contributed by atoms with Crippen LogP contribution in [0.25, 0.3) is 0 Å². The summed E-state index contributed by atoms with van der Waals surface area (Å²) in [6, 6.07) is 2.06. The van der Waals surface area contributed by atoms with Gasteiger partial charge in [-0.15, -0.1) is 0 Å². The normalized spacial score (nSPS) is 12.4. The first-order valence-electron chi connectivity index (χ1n) is 7.18. The number of nitrogens with zero attached hydrogens (tertiary/aromatic N) is 4. The predicted octanol–water partition coefficient (Wildman–Crippen LogP) is 1.92. The minimum atomic E-state index is -0.0124. The first kappa shape index (κ1) is 15.4. The Balaban J connectivity index is 2.52. The van der Waals surface area contributed by atoms with Crippen LogP contribution in [0.15, 0.2) is 12.3 Å². The van der Waals surface area contributed by atoms with E-state index in [2.05, 4.69) is 33.6 Å². The van der Waals surface area contributed by atoms with Crippen molar-refractivity contribution in [3.05, 3.63) is 34.9 Å². The third kappa shape index (κ3) is 3.21. The highest BCUT2D eigenvalue weighted by Crippen LogP contribution is 2.30. The maximum absolute atomic E-state index is 5.46. The first-order chi connectivity index (χ1) is 10.1. The standard InChI is InChI=1S/C15H23N5O/c1-6-7-16-14(12-8-10(2)18-19-11(12)3)15-13(21-5)9-17-20(15)4/h8-9,14,16H,6-7H2,1-5H3. The fourth-order valence-corrected chi connectivity index (χ4v) is 2.42. The van der Waals surface area contributed by atoms with Gasteiger partial charge in [0.05, 0.1) is 30.7 Å². The van der Waals surface area contributed by atoms with E-state index in [1.165, 1.54) is 0 Å². The van der Waals surface area contributed by atoms with Gasteiger partial charge in [0.2, 0.25) is 0 Å². The zero-order chi connectivity index (χ0) is 15.4. The van der Waals surface area contributed by atoms with Gasteiger partial charge in [-0.1, -0.05) is 6.92 Å². The zero-order valence-corrected chi connectivity index (χ0v) is 13.3. The molecule has 1 N–H and O–H groups in total. The van der Waals surface area contributed by atoms with Crippen LogP contribution in [-0.2, 0) is 7.05 Å². The summed E-state index contributed by atoms with van der Waals surface area (Å²) in [4.78, 5) is 0. The molecule has 0 spiro atoms. The van der Waals surface area contributed by atoms with Crippen molar-refractivity contribution in [2.75, 3.05) is 13.7 Å². The molecule has 114 valence electrons. The smallest absolute Gasteiger partial charge is 0.161 e. The summed E-state index contributed by atoms with van der Waals surface area (Å²) in [5.74, 6) is 0.778. The molecule has 0 aliphatic heterocycles. The molecule has 0 bridgehead atoms. The van der Waals surface area contributed by atoms with Crippen LogP contribution in [0.2, 0.25) is 0 Å². The Morgan fingerprint density at radius 1 is 1.33 bits per heavy atom. The Morgan fingerprint density at radius 2 is 2.10 bits per heavy atom. The molecular formula is C15H23N5O. The number of aromatic nitrogens is 4. The van der Waals surface area contributed by atoms with Crippen LogP contribution >= 0.6 is 0 Å². The van der Waals surface area contributed by atoms with E-state index < -0.39 is 0 Å². The second-order valence-electron chi connectivity index (χ2n) is 5.14. The Hall–Kier alpha value is -1.95. The zero-order valence-electron chi connectivity index (χ0n) is 13.3. The average Bonchev–Trinajstić information content (AvgIpc) is 2.84. The monoisotopic (exact) mass is 289 g/mol. The first-order valence-corrected chi connectivity index (χ1v) is 7.18. The molecule has 6 heteroatoms. The molecule has 0 radical (unpaired) electrons. The summed E-state index contributed by atoms with van der Waals surface area (Å²) in [7, 11) is 3.59. The van der Waals surface area contributed by atoms with E-state index in [9.17, 15) is 0 Å². The molecule has 0 aromatic carbocycles. The van der Waals surface area contributed by atoms with E-state index >= 15 is 0 Å². The van der Waals surface area contributed by atoms with Crippen molar-refractivity contribution >= 4 is 0 Å². The fraction of sp³-hybridized carbons (Fsp3) is 0.533. The number of aryl methyl sites for hydroxylation is 3. The molecular weight excluding hydrogens is 266 g/mol. The van der Waals surface area contributed by atoms with Crippen LogP contribution in [0.5, 0.6) is 5.75 Å². The summed E-state index contributed by atoms with van der Waals surface area (Å²) >= 11 is 0. The lowest BCUT2D eigenvalue weighted by atomic mass is 10.0. The molecule has 0 aliphatic rings. The molecule has 21 heavy (non-hydrogen) atoms. The lowest BCUT2D eigenvalue weighted by Crippen LogP contribution is -2.27. The van der Waals surface area contributed by atoms with Crippen molar-refractivity contribution in [3.63, 3.8) is 0 Å². The van der Waals surface area contributed by atoms with E-state index in [-0.39, 0.29) is 6.04 Å². The number of ether oxygens (including phenoxy) is 1. The van der Waals surface area contributed by atoms with Crippen molar-refractivity contribution in [1.29, 1.82) is 0 Å². The van der Waals surface area contributed by atoms with Crippen LogP contribution in [0.3, 0.4) is 0 Å². The van der Waals surface area contributed by atoms with Gasteiger partial charge in [-0.3, -0.25) is 4.68 Å². The van der Waals surface area contributed by atoms with Gasteiger partial charge < -0.3 is 10.1 Å². The molecule has 6 nitrogen and oxygen atoms in total. The van der Waals surface area contributed by atoms with Crippen LogP contribution in [0, 0.1) is 13.8 Å². The topological polar surface area (TPSA) is 64.9 Å². The fourth-order valence-electron chi connectivity index (χ4n) is 2.42. The van der Waals surface area contributed by atoms with Crippen LogP contribution in [0.4, 0.5) is 0 Å². The van der Waals surface area contributed by atoms with Crippen molar-refractivity contribution in [2.45, 2.75) is 33.2 Å². The highest BCUT2D eigenvalue weighted by Gasteiger charge is 2.24. The number of rotatable bonds is 6. The SMILES string of the molecule is CCCNC(c1cc(C)nnc1C)c1c(OC)cnn1C. The van der Waals surface area contributed by atoms with Gasteiger partial charge >= 0.3 is 0 Å². The van der Waals surface area contributed by atoms with E-state index in [4.69, 9.17) is 4.74 Å². The molecule has 0 amide bonds. The minimum Gasteiger partial charge on any atom is -0.493 e. The lowest BCUT2D eigenvalue weighted by molar-refractivity contribution is 0.400. The number of nitrogens with one attached hydrogen (secondary N) is 1. The molecule has 1 atom stereocenters. The Bertz CT molecular complexity index is 608. The molecule has 0 saturated heterocycles. The highest BCUT2D eigenvalue weighted by molar-refractivity contribution is 5.38. The number of hydrogen-bond donors (Lipinski definition) is 1. The average molecular weight is 289 g/mol. The third-order valence-corrected chi connectivity index (χ3v) is 3.49. The van der Waals surface area contributed by atoms with Crippen molar-refractivity contribution in [3.8, 4) is 5.75 Å². The van der Waals surface area contributed by atoms with Gasteiger partial charge in [0.15, 0.2) is 5.75 Å². The summed E-state index contributed by atoms with van der Waals surface area (Å²) in [5, 5.41) is 16.2. The van der Waals surface area contributed by atoms with Crippen molar-refractivity contribution in [2.24, 2.45) is 7.05 Å². The third-order valence-electron chi connectivity index (χ3n) is 3.49. The highest BCUT2D eigenvalue weighted by atomic mass is 16.5. The predicted molar refractivity (Wildman–Crippen MR) is 81.4 cm³/mol. The summed E-state index contributed by atoms with van der Waals surface area (Å²) in [6.07, 6.45) is 2.79. The maximum atomic E-state index is 5.46. The number of methoxy groups -OCH3 is 1. The summed E-state index contributed by atoms with van der Waals surface area (Å²) in [5.41, 5.74) is 3.93. The quantitative estimate of drug-likeness (QED) is 0.880. The molecule has 2 aromatic rings. The Morgan fingerprint density at radius 3 is 2.76 bits per heavy atom. The van der Waals surface area contributed by atoms with Crippen LogP contribution in [0.1, 0.15) is 42.0 Å². The van der Waals surface area contributed by atoms with Gasteiger partial charge in [0.1, 0.15) is 5.69 Å². The minimum absolute atomic E-state index is 0.0124. The summed E-state index contributed by atoms with van der Waals surface area (Å²) < 4.78 is 7.31. The van der Waals surface area contributed by atoms with E-state index in [1.54, 1.807) is 13.3 Å². The molecule has 1 unspecified atom stereocenters. The molecule has 0 saturated carbocycles. The molecule has 0 aliphatic carbocycles. The van der Waals surface area contributed by atoms with Gasteiger partial charge in [-0.25, -0.2) is 0 Å². The van der Waals surface area contributed by atoms with Gasteiger partial charge in [-0.2, -0.15) is 15.3 Å². The second-order valence-corrected chi connectivity index (χ2v) is 5.14. The Kier molecular flexibility index (Phi) is 4.90. The lowest BCUT2D eigenvalue weighted by Gasteiger charge is -2.21. The van der Waals surface area contributed by atoms with Crippen LogP contribution in [-0.4, -0.2) is 33.6 Å².